The first-order chi connectivity index (χ1) is 15.4. The highest BCUT2D eigenvalue weighted by molar-refractivity contribution is 7.91. The molecule has 1 aromatic carbocycles. The van der Waals surface area contributed by atoms with Gasteiger partial charge in [-0.3, -0.25) is 9.59 Å². The Hall–Kier alpha value is -1.98. The monoisotopic (exact) mass is 499 g/mol. The van der Waals surface area contributed by atoms with E-state index in [-0.39, 0.29) is 47.2 Å². The smallest absolute Gasteiger partial charge is 0.243 e. The molecule has 0 radical (unpaired) electrons. The summed E-state index contributed by atoms with van der Waals surface area (Å²) in [5, 5.41) is 5.56. The highest BCUT2D eigenvalue weighted by Crippen LogP contribution is 2.24. The molecule has 11 heteroatoms. The minimum atomic E-state index is -3.61. The van der Waals surface area contributed by atoms with Gasteiger partial charge in [-0.05, 0) is 44.2 Å². The Morgan fingerprint density at radius 2 is 1.67 bits per heavy atom. The quantitative estimate of drug-likeness (QED) is 0.572. The van der Waals surface area contributed by atoms with Crippen LogP contribution in [0.2, 0.25) is 0 Å². The van der Waals surface area contributed by atoms with Crippen LogP contribution < -0.4 is 10.6 Å². The van der Waals surface area contributed by atoms with Crippen LogP contribution in [0.3, 0.4) is 0 Å². The first-order valence-corrected chi connectivity index (χ1v) is 14.5. The second kappa shape index (κ2) is 10.1. The van der Waals surface area contributed by atoms with Crippen molar-refractivity contribution in [1.82, 2.24) is 14.9 Å². The fourth-order valence-electron chi connectivity index (χ4n) is 4.22. The summed E-state index contributed by atoms with van der Waals surface area (Å²) in [6, 6.07) is 5.47. The number of piperidine rings is 1. The number of rotatable bonds is 7. The van der Waals surface area contributed by atoms with Crippen LogP contribution in [0.25, 0.3) is 0 Å². The van der Waals surface area contributed by atoms with Gasteiger partial charge in [0.05, 0.1) is 16.4 Å². The number of nitrogens with zero attached hydrogens (tertiary/aromatic N) is 1. The Labute approximate surface area is 196 Å². The number of sulfone groups is 1. The molecule has 0 saturated carbocycles. The van der Waals surface area contributed by atoms with Gasteiger partial charge in [-0.2, -0.15) is 4.31 Å². The molecular weight excluding hydrogens is 466 g/mol. The minimum Gasteiger partial charge on any atom is -0.351 e. The van der Waals surface area contributed by atoms with Crippen molar-refractivity contribution in [1.29, 1.82) is 0 Å². The molecule has 33 heavy (non-hydrogen) atoms. The number of hydrogen-bond acceptors (Lipinski definition) is 6. The van der Waals surface area contributed by atoms with Gasteiger partial charge in [0, 0.05) is 25.0 Å². The van der Waals surface area contributed by atoms with E-state index < -0.39 is 37.9 Å². The van der Waals surface area contributed by atoms with E-state index in [1.54, 1.807) is 24.3 Å². The van der Waals surface area contributed by atoms with E-state index in [4.69, 9.17) is 0 Å². The number of carbonyl (C=O) groups is 2. The van der Waals surface area contributed by atoms with E-state index in [0.29, 0.717) is 19.3 Å². The summed E-state index contributed by atoms with van der Waals surface area (Å²) in [4.78, 5) is 25.8. The Morgan fingerprint density at radius 1 is 1.06 bits per heavy atom. The van der Waals surface area contributed by atoms with Crippen LogP contribution in [-0.4, -0.2) is 69.6 Å². The summed E-state index contributed by atoms with van der Waals surface area (Å²) in [6.45, 7) is 5.97. The molecular formula is C22H33N3O6S2. The first-order valence-electron chi connectivity index (χ1n) is 11.3. The number of nitrogens with one attached hydrogen (secondary N) is 2. The van der Waals surface area contributed by atoms with Gasteiger partial charge in [0.15, 0.2) is 9.84 Å². The predicted molar refractivity (Wildman–Crippen MR) is 125 cm³/mol. The number of hydrogen-bond donors (Lipinski definition) is 2. The van der Waals surface area contributed by atoms with E-state index in [1.165, 1.54) is 4.31 Å². The molecule has 2 aliphatic heterocycles. The zero-order chi connectivity index (χ0) is 24.4. The zero-order valence-electron chi connectivity index (χ0n) is 19.3. The van der Waals surface area contributed by atoms with Crippen molar-refractivity contribution in [3.8, 4) is 0 Å². The van der Waals surface area contributed by atoms with Crippen LogP contribution in [0.15, 0.2) is 29.2 Å². The summed E-state index contributed by atoms with van der Waals surface area (Å²) < 4.78 is 50.4. The molecule has 0 unspecified atom stereocenters. The van der Waals surface area contributed by atoms with Gasteiger partial charge in [0.1, 0.15) is 6.04 Å². The predicted octanol–water partition coefficient (Wildman–Crippen LogP) is 0.840. The lowest BCUT2D eigenvalue weighted by atomic mass is 9.95. The van der Waals surface area contributed by atoms with E-state index in [9.17, 15) is 26.4 Å². The molecule has 2 heterocycles. The second-order valence-electron chi connectivity index (χ2n) is 9.33. The number of carbonyl (C=O) groups excluding carboxylic acids is 2. The molecule has 2 atom stereocenters. The molecule has 0 spiro atoms. The van der Waals surface area contributed by atoms with Crippen molar-refractivity contribution in [2.24, 2.45) is 11.8 Å². The summed E-state index contributed by atoms with van der Waals surface area (Å²) in [5.74, 6) is -1.27. The largest absolute Gasteiger partial charge is 0.351 e. The Kier molecular flexibility index (Phi) is 7.85. The van der Waals surface area contributed by atoms with E-state index in [1.807, 2.05) is 20.8 Å². The lowest BCUT2D eigenvalue weighted by Gasteiger charge is -2.32. The van der Waals surface area contributed by atoms with Crippen LogP contribution in [0.4, 0.5) is 0 Å². The van der Waals surface area contributed by atoms with Crippen LogP contribution in [0.1, 0.15) is 38.7 Å². The highest BCUT2D eigenvalue weighted by atomic mass is 32.2. The Balaban J connectivity index is 1.56. The molecule has 0 aromatic heterocycles. The van der Waals surface area contributed by atoms with Gasteiger partial charge >= 0.3 is 0 Å². The zero-order valence-corrected chi connectivity index (χ0v) is 20.9. The van der Waals surface area contributed by atoms with Crippen LogP contribution in [0.5, 0.6) is 0 Å². The lowest BCUT2D eigenvalue weighted by molar-refractivity contribution is -0.133. The average Bonchev–Trinajstić information content (AvgIpc) is 3.09. The molecule has 0 bridgehead atoms. The maximum atomic E-state index is 12.9. The summed E-state index contributed by atoms with van der Waals surface area (Å²) in [7, 11) is -6.74. The van der Waals surface area contributed by atoms with Gasteiger partial charge in [0.2, 0.25) is 21.8 Å². The summed E-state index contributed by atoms with van der Waals surface area (Å²) in [6.07, 6.45) is 1.11. The van der Waals surface area contributed by atoms with Gasteiger partial charge < -0.3 is 10.6 Å². The topological polar surface area (TPSA) is 130 Å². The summed E-state index contributed by atoms with van der Waals surface area (Å²) >= 11 is 0. The van der Waals surface area contributed by atoms with Crippen LogP contribution >= 0.6 is 0 Å². The Bertz CT molecular complexity index is 1080. The molecule has 2 saturated heterocycles. The van der Waals surface area contributed by atoms with Gasteiger partial charge in [-0.1, -0.05) is 31.5 Å². The molecule has 0 aliphatic carbocycles. The minimum absolute atomic E-state index is 0.0563. The number of sulfonamides is 1. The summed E-state index contributed by atoms with van der Waals surface area (Å²) in [5.41, 5.74) is 0.975. The maximum Gasteiger partial charge on any atom is 0.243 e. The molecule has 2 fully saturated rings. The fraction of sp³-hybridized carbons (Fsp3) is 0.636. The van der Waals surface area contributed by atoms with Gasteiger partial charge in [0.25, 0.3) is 0 Å². The van der Waals surface area contributed by atoms with Gasteiger partial charge in [-0.15, -0.1) is 0 Å². The molecule has 3 rings (SSSR count). The molecule has 9 nitrogen and oxygen atoms in total. The van der Waals surface area contributed by atoms with E-state index >= 15 is 0 Å². The van der Waals surface area contributed by atoms with Gasteiger partial charge in [-0.25, -0.2) is 16.8 Å². The Morgan fingerprint density at radius 3 is 2.18 bits per heavy atom. The van der Waals surface area contributed by atoms with E-state index in [0.717, 1.165) is 5.56 Å². The van der Waals surface area contributed by atoms with Crippen LogP contribution in [0, 0.1) is 18.8 Å². The molecule has 2 amide bonds. The fourth-order valence-corrected chi connectivity index (χ4v) is 7.37. The third-order valence-corrected chi connectivity index (χ3v) is 9.99. The normalized spacial score (nSPS) is 22.7. The van der Waals surface area contributed by atoms with Crippen molar-refractivity contribution in [2.45, 2.75) is 57.0 Å². The number of benzene rings is 1. The number of aryl methyl sites for hydroxylation is 1. The second-order valence-corrected chi connectivity index (χ2v) is 13.5. The van der Waals surface area contributed by atoms with Crippen molar-refractivity contribution >= 4 is 31.7 Å². The molecule has 2 aliphatic rings. The molecule has 184 valence electrons. The number of amides is 2. The highest BCUT2D eigenvalue weighted by Gasteiger charge is 2.35. The van der Waals surface area contributed by atoms with Crippen molar-refractivity contribution < 1.29 is 26.4 Å². The van der Waals surface area contributed by atoms with Crippen molar-refractivity contribution in [3.63, 3.8) is 0 Å². The van der Waals surface area contributed by atoms with Crippen molar-refractivity contribution in [2.75, 3.05) is 24.6 Å². The molecule has 1 aromatic rings. The van der Waals surface area contributed by atoms with Crippen molar-refractivity contribution in [3.05, 3.63) is 29.8 Å². The lowest BCUT2D eigenvalue weighted by Crippen LogP contribution is -2.54. The average molecular weight is 500 g/mol. The van der Waals surface area contributed by atoms with E-state index in [2.05, 4.69) is 10.6 Å². The first kappa shape index (κ1) is 25.6. The molecule has 2 N–H and O–H groups in total. The van der Waals surface area contributed by atoms with Crippen LogP contribution in [-0.2, 0) is 29.4 Å². The third kappa shape index (κ3) is 6.33. The SMILES string of the molecule is Cc1ccc(S(=O)(=O)N2CCC(C(=O)N[C@@H](C(=O)N[C@H]3CCS(=O)(=O)C3)C(C)C)CC2)cc1. The third-order valence-electron chi connectivity index (χ3n) is 6.31. The maximum absolute atomic E-state index is 12.9. The standard InChI is InChI=1S/C22H33N3O6S2/c1-15(2)20(22(27)23-18-10-13-32(28,29)14-18)24-21(26)17-8-11-25(12-9-17)33(30,31)19-6-4-16(3)5-7-19/h4-7,15,17-18,20H,8-14H2,1-3H3,(H,23,27)(H,24,26)/t18-,20+/m0/s1.